The van der Waals surface area contributed by atoms with E-state index >= 15 is 0 Å². The van der Waals surface area contributed by atoms with Crippen molar-refractivity contribution in [2.75, 3.05) is 0 Å². The first-order valence-corrected chi connectivity index (χ1v) is 10.9. The van der Waals surface area contributed by atoms with Crippen molar-refractivity contribution in [1.82, 2.24) is 0 Å². The van der Waals surface area contributed by atoms with Crippen molar-refractivity contribution in [2.24, 2.45) is 0 Å². The molecular weight excluding hydrogens is 516 g/mol. The molecule has 0 heterocycles. The maximum absolute atomic E-state index is 14.9. The summed E-state index contributed by atoms with van der Waals surface area (Å²) < 4.78 is 119. The van der Waals surface area contributed by atoms with E-state index in [1.54, 1.807) is 0 Å². The van der Waals surface area contributed by atoms with Gasteiger partial charge in [-0.25, -0.2) is 26.3 Å². The lowest BCUT2D eigenvalue weighted by Gasteiger charge is -2.20. The van der Waals surface area contributed by atoms with E-state index in [2.05, 4.69) is 4.74 Å². The minimum Gasteiger partial charge on any atom is -0.429 e. The Bertz CT molecular complexity index is 1460. The molecule has 0 aliphatic carbocycles. The second-order valence-electron chi connectivity index (χ2n) is 7.96. The van der Waals surface area contributed by atoms with Crippen LogP contribution in [0.1, 0.15) is 24.5 Å². The van der Waals surface area contributed by atoms with Crippen LogP contribution in [0.25, 0.3) is 21.9 Å². The Labute approximate surface area is 204 Å². The Morgan fingerprint density at radius 3 is 2.17 bits per heavy atom. The molecule has 36 heavy (non-hydrogen) atoms. The summed E-state index contributed by atoms with van der Waals surface area (Å²) in [5, 5.41) is -0.937. The van der Waals surface area contributed by atoms with Crippen LogP contribution in [-0.2, 0) is 12.5 Å². The predicted molar refractivity (Wildman–Crippen MR) is 119 cm³/mol. The van der Waals surface area contributed by atoms with E-state index in [1.165, 1.54) is 6.07 Å². The van der Waals surface area contributed by atoms with Gasteiger partial charge in [0.25, 0.3) is 0 Å². The van der Waals surface area contributed by atoms with Crippen LogP contribution in [0, 0.1) is 34.9 Å². The molecule has 0 unspecified atom stereocenters. The minimum absolute atomic E-state index is 0.223. The number of hydrogen-bond acceptors (Lipinski definition) is 1. The molecule has 4 rings (SSSR count). The molecule has 0 aromatic heterocycles. The lowest BCUT2D eigenvalue weighted by Crippen LogP contribution is -2.24. The minimum atomic E-state index is -4.46. The Balaban J connectivity index is 1.71. The van der Waals surface area contributed by atoms with Crippen molar-refractivity contribution >= 4 is 22.4 Å². The number of halogens is 9. The zero-order chi connectivity index (χ0) is 26.4. The molecule has 0 saturated heterocycles. The third kappa shape index (κ3) is 4.59. The first-order chi connectivity index (χ1) is 16.9. The maximum Gasteiger partial charge on any atom is 0.429 e. The van der Waals surface area contributed by atoms with Gasteiger partial charge in [0.05, 0.1) is 5.02 Å². The van der Waals surface area contributed by atoms with Crippen molar-refractivity contribution in [2.45, 2.75) is 25.9 Å². The average Bonchev–Trinajstić information content (AvgIpc) is 2.79. The van der Waals surface area contributed by atoms with Gasteiger partial charge in [0.15, 0.2) is 29.1 Å². The number of aryl methyl sites for hydroxylation is 1. The predicted octanol–water partition coefficient (Wildman–Crippen LogP) is 9.08. The van der Waals surface area contributed by atoms with E-state index in [9.17, 15) is 35.1 Å². The Kier molecular flexibility index (Phi) is 6.88. The van der Waals surface area contributed by atoms with Crippen molar-refractivity contribution in [3.8, 4) is 16.9 Å². The summed E-state index contributed by atoms with van der Waals surface area (Å²) in [6, 6.07) is 6.77. The summed E-state index contributed by atoms with van der Waals surface area (Å²) in [5.74, 6) is -10.2. The molecule has 0 saturated carbocycles. The van der Waals surface area contributed by atoms with Crippen LogP contribution in [0.15, 0.2) is 48.5 Å². The number of benzene rings is 4. The van der Waals surface area contributed by atoms with Gasteiger partial charge < -0.3 is 4.74 Å². The van der Waals surface area contributed by atoms with Crippen molar-refractivity contribution in [3.63, 3.8) is 0 Å². The van der Waals surface area contributed by atoms with Crippen LogP contribution < -0.4 is 4.74 Å². The smallest absolute Gasteiger partial charge is 0.429 e. The van der Waals surface area contributed by atoms with E-state index in [0.29, 0.717) is 30.5 Å². The van der Waals surface area contributed by atoms with Crippen molar-refractivity contribution in [3.05, 3.63) is 99.6 Å². The molecule has 188 valence electrons. The molecule has 4 aromatic rings. The van der Waals surface area contributed by atoms with Gasteiger partial charge in [-0.15, -0.1) is 0 Å². The number of alkyl halides is 2. The van der Waals surface area contributed by atoms with E-state index in [-0.39, 0.29) is 10.4 Å². The van der Waals surface area contributed by atoms with Gasteiger partial charge in [0.2, 0.25) is 0 Å². The van der Waals surface area contributed by atoms with E-state index in [0.717, 1.165) is 30.3 Å². The summed E-state index contributed by atoms with van der Waals surface area (Å²) in [5.41, 5.74) is -2.15. The molecule has 4 aromatic carbocycles. The summed E-state index contributed by atoms with van der Waals surface area (Å²) in [7, 11) is 0. The van der Waals surface area contributed by atoms with Gasteiger partial charge in [-0.1, -0.05) is 31.0 Å². The van der Waals surface area contributed by atoms with Gasteiger partial charge in [-0.3, -0.25) is 0 Å². The largest absolute Gasteiger partial charge is 0.429 e. The second-order valence-corrected chi connectivity index (χ2v) is 8.37. The van der Waals surface area contributed by atoms with E-state index < -0.39 is 68.8 Å². The number of ether oxygens (including phenoxy) is 1. The third-order valence-corrected chi connectivity index (χ3v) is 5.79. The molecule has 1 nitrogen and oxygen atoms in total. The van der Waals surface area contributed by atoms with Crippen LogP contribution in [0.3, 0.4) is 0 Å². The highest BCUT2D eigenvalue weighted by molar-refractivity contribution is 6.33. The Hall–Kier alpha value is -3.33. The molecule has 0 bridgehead atoms. The Morgan fingerprint density at radius 2 is 1.50 bits per heavy atom. The molecule has 0 aliphatic heterocycles. The quantitative estimate of drug-likeness (QED) is 0.178. The van der Waals surface area contributed by atoms with E-state index in [1.807, 2.05) is 6.92 Å². The third-order valence-electron chi connectivity index (χ3n) is 5.50. The molecule has 0 radical (unpaired) electrons. The van der Waals surface area contributed by atoms with Gasteiger partial charge in [0.1, 0.15) is 17.1 Å². The highest BCUT2D eigenvalue weighted by Crippen LogP contribution is 2.40. The Morgan fingerprint density at radius 1 is 0.778 bits per heavy atom. The van der Waals surface area contributed by atoms with Gasteiger partial charge in [0, 0.05) is 16.5 Å². The SMILES string of the molecule is CCCc1cc(F)c(-c2ccc(C(F)(F)Oc3ccc4c(F)c(F)c(F)cc4c3)c(F)c2F)c(Cl)c1. The lowest BCUT2D eigenvalue weighted by molar-refractivity contribution is -0.187. The molecule has 10 heteroatoms. The summed E-state index contributed by atoms with van der Waals surface area (Å²) in [4.78, 5) is 0. The topological polar surface area (TPSA) is 9.23 Å². The molecule has 0 fully saturated rings. The van der Waals surface area contributed by atoms with Gasteiger partial charge >= 0.3 is 6.11 Å². The highest BCUT2D eigenvalue weighted by Gasteiger charge is 2.40. The second kappa shape index (κ2) is 9.61. The zero-order valence-corrected chi connectivity index (χ0v) is 19.1. The molecule has 0 spiro atoms. The van der Waals surface area contributed by atoms with Crippen molar-refractivity contribution in [1.29, 1.82) is 0 Å². The standard InChI is InChI=1S/C26H15ClF8O/c1-2-3-12-8-18(27)21(19(28)9-12)16-6-7-17(24(32)23(16)31)26(34,35)36-14-4-5-15-13(10-14)11-20(29)25(33)22(15)30/h4-11H,2-3H2,1H3. The molecule has 0 N–H and O–H groups in total. The molecule has 0 amide bonds. The molecule has 0 atom stereocenters. The maximum atomic E-state index is 14.9. The van der Waals surface area contributed by atoms with Crippen LogP contribution in [0.4, 0.5) is 35.1 Å². The fourth-order valence-corrected chi connectivity index (χ4v) is 4.17. The number of hydrogen-bond donors (Lipinski definition) is 0. The fourth-order valence-electron chi connectivity index (χ4n) is 3.83. The summed E-state index contributed by atoms with van der Waals surface area (Å²) in [6.45, 7) is 1.85. The van der Waals surface area contributed by atoms with Crippen LogP contribution in [0.5, 0.6) is 5.75 Å². The molecular formula is C26H15ClF8O. The highest BCUT2D eigenvalue weighted by atomic mass is 35.5. The summed E-state index contributed by atoms with van der Waals surface area (Å²) >= 11 is 6.07. The first kappa shape index (κ1) is 25.8. The van der Waals surface area contributed by atoms with Crippen LogP contribution in [-0.4, -0.2) is 0 Å². The van der Waals surface area contributed by atoms with Gasteiger partial charge in [-0.05, 0) is 59.8 Å². The average molecular weight is 531 g/mol. The van der Waals surface area contributed by atoms with Crippen LogP contribution in [0.2, 0.25) is 5.02 Å². The van der Waals surface area contributed by atoms with Crippen LogP contribution >= 0.6 is 11.6 Å². The molecule has 0 aliphatic rings. The normalized spacial score (nSPS) is 11.8. The van der Waals surface area contributed by atoms with Crippen molar-refractivity contribution < 1.29 is 39.9 Å². The van der Waals surface area contributed by atoms with E-state index in [4.69, 9.17) is 11.6 Å². The number of fused-ring (bicyclic) bond motifs is 1. The fraction of sp³-hybridized carbons (Fsp3) is 0.154. The summed E-state index contributed by atoms with van der Waals surface area (Å²) in [6.07, 6.45) is -3.29. The zero-order valence-electron chi connectivity index (χ0n) is 18.3. The monoisotopic (exact) mass is 530 g/mol. The lowest BCUT2D eigenvalue weighted by atomic mass is 9.99. The first-order valence-electron chi connectivity index (χ1n) is 10.6. The van der Waals surface area contributed by atoms with Gasteiger partial charge in [-0.2, -0.15) is 8.78 Å². The number of rotatable bonds is 6.